The Bertz CT molecular complexity index is 677. The van der Waals surface area contributed by atoms with Crippen LogP contribution in [0.15, 0.2) is 33.5 Å². The van der Waals surface area contributed by atoms with Crippen molar-refractivity contribution in [2.75, 3.05) is 6.54 Å². The van der Waals surface area contributed by atoms with Crippen LogP contribution in [-0.4, -0.2) is 22.6 Å². The zero-order chi connectivity index (χ0) is 14.1. The molecule has 1 aromatic heterocycles. The monoisotopic (exact) mass is 273 g/mol. The molecule has 0 amide bonds. The van der Waals surface area contributed by atoms with Crippen LogP contribution in [0.3, 0.4) is 0 Å². The first-order valence-corrected chi connectivity index (χ1v) is 7.13. The number of piperidine rings is 1. The Kier molecular flexibility index (Phi) is 3.49. The van der Waals surface area contributed by atoms with E-state index in [1.807, 2.05) is 0 Å². The number of nitrogens with zero attached hydrogens (tertiary/aromatic N) is 1. The van der Waals surface area contributed by atoms with Gasteiger partial charge in [-0.1, -0.05) is 6.42 Å². The Labute approximate surface area is 117 Å². The van der Waals surface area contributed by atoms with Gasteiger partial charge in [-0.3, -0.25) is 4.90 Å². The standard InChI is InChI=1S/C16H19NO3/c1-11-4-2-3-7-17(11)10-12-8-16(19)20-15-6-5-13(18)9-14(12)15/h5-6,8-9,11,18H,2-4,7,10H2,1H3/t11-/m1/s1. The third-order valence-electron chi connectivity index (χ3n) is 4.13. The van der Waals surface area contributed by atoms with Crippen molar-refractivity contribution in [3.05, 3.63) is 40.2 Å². The maximum absolute atomic E-state index is 11.7. The van der Waals surface area contributed by atoms with Gasteiger partial charge in [0.2, 0.25) is 0 Å². The average Bonchev–Trinajstić information content (AvgIpc) is 2.42. The Balaban J connectivity index is 2.01. The van der Waals surface area contributed by atoms with Gasteiger partial charge in [0.1, 0.15) is 11.3 Å². The molecule has 4 nitrogen and oxygen atoms in total. The molecule has 1 N–H and O–H groups in total. The van der Waals surface area contributed by atoms with Gasteiger partial charge in [0, 0.05) is 24.0 Å². The Morgan fingerprint density at radius 1 is 1.35 bits per heavy atom. The van der Waals surface area contributed by atoms with Gasteiger partial charge in [-0.25, -0.2) is 4.79 Å². The largest absolute Gasteiger partial charge is 0.508 e. The molecular formula is C16H19NO3. The van der Waals surface area contributed by atoms with E-state index in [1.54, 1.807) is 24.3 Å². The van der Waals surface area contributed by atoms with Gasteiger partial charge < -0.3 is 9.52 Å². The van der Waals surface area contributed by atoms with Crippen molar-refractivity contribution >= 4 is 11.0 Å². The predicted molar refractivity (Wildman–Crippen MR) is 77.9 cm³/mol. The van der Waals surface area contributed by atoms with Gasteiger partial charge in [-0.05, 0) is 50.1 Å². The van der Waals surface area contributed by atoms with Crippen molar-refractivity contribution in [2.24, 2.45) is 0 Å². The highest BCUT2D eigenvalue weighted by Crippen LogP contribution is 2.25. The molecule has 1 saturated heterocycles. The summed E-state index contributed by atoms with van der Waals surface area (Å²) in [4.78, 5) is 14.1. The van der Waals surface area contributed by atoms with Crippen molar-refractivity contribution in [2.45, 2.75) is 38.8 Å². The first kappa shape index (κ1) is 13.2. The molecule has 0 saturated carbocycles. The highest BCUT2D eigenvalue weighted by Gasteiger charge is 2.19. The van der Waals surface area contributed by atoms with E-state index in [9.17, 15) is 9.90 Å². The average molecular weight is 273 g/mol. The molecule has 0 bridgehead atoms. The quantitative estimate of drug-likeness (QED) is 0.855. The predicted octanol–water partition coefficient (Wildman–Crippen LogP) is 2.87. The number of hydrogen-bond donors (Lipinski definition) is 1. The molecule has 1 aromatic carbocycles. The number of rotatable bonds is 2. The van der Waals surface area contributed by atoms with E-state index >= 15 is 0 Å². The lowest BCUT2D eigenvalue weighted by Crippen LogP contribution is -2.36. The van der Waals surface area contributed by atoms with E-state index in [0.29, 0.717) is 11.6 Å². The van der Waals surface area contributed by atoms with Crippen molar-refractivity contribution in [1.82, 2.24) is 4.90 Å². The van der Waals surface area contributed by atoms with Crippen LogP contribution < -0.4 is 5.63 Å². The zero-order valence-corrected chi connectivity index (χ0v) is 11.6. The molecular weight excluding hydrogens is 254 g/mol. The summed E-state index contributed by atoms with van der Waals surface area (Å²) >= 11 is 0. The van der Waals surface area contributed by atoms with Crippen LogP contribution in [0.4, 0.5) is 0 Å². The molecule has 2 heterocycles. The number of phenolic OH excluding ortho intramolecular Hbond substituents is 1. The van der Waals surface area contributed by atoms with Crippen molar-refractivity contribution < 1.29 is 9.52 Å². The maximum Gasteiger partial charge on any atom is 0.336 e. The molecule has 1 fully saturated rings. The number of fused-ring (bicyclic) bond motifs is 1. The molecule has 1 aliphatic heterocycles. The summed E-state index contributed by atoms with van der Waals surface area (Å²) in [5, 5.41) is 10.5. The van der Waals surface area contributed by atoms with Crippen LogP contribution in [-0.2, 0) is 6.54 Å². The lowest BCUT2D eigenvalue weighted by atomic mass is 10.0. The molecule has 0 aliphatic carbocycles. The van der Waals surface area contributed by atoms with E-state index in [1.165, 1.54) is 19.3 Å². The van der Waals surface area contributed by atoms with Gasteiger partial charge in [-0.15, -0.1) is 0 Å². The van der Waals surface area contributed by atoms with Crippen LogP contribution in [0.5, 0.6) is 5.75 Å². The number of benzene rings is 1. The Hall–Kier alpha value is -1.81. The van der Waals surface area contributed by atoms with Crippen molar-refractivity contribution in [1.29, 1.82) is 0 Å². The van der Waals surface area contributed by atoms with E-state index in [4.69, 9.17) is 4.42 Å². The minimum atomic E-state index is -0.331. The highest BCUT2D eigenvalue weighted by molar-refractivity contribution is 5.81. The molecule has 20 heavy (non-hydrogen) atoms. The first-order valence-electron chi connectivity index (χ1n) is 7.13. The van der Waals surface area contributed by atoms with Gasteiger partial charge in [0.05, 0.1) is 0 Å². The third kappa shape index (κ3) is 2.56. The van der Waals surface area contributed by atoms with Gasteiger partial charge in [0.15, 0.2) is 0 Å². The molecule has 0 unspecified atom stereocenters. The number of phenols is 1. The summed E-state index contributed by atoms with van der Waals surface area (Å²) in [6.45, 7) is 4.01. The van der Waals surface area contributed by atoms with Crippen LogP contribution >= 0.6 is 0 Å². The van der Waals surface area contributed by atoms with Crippen molar-refractivity contribution in [3.8, 4) is 5.75 Å². The molecule has 0 spiro atoms. The van der Waals surface area contributed by atoms with Gasteiger partial charge in [0.25, 0.3) is 0 Å². The summed E-state index contributed by atoms with van der Waals surface area (Å²) in [5.74, 6) is 0.194. The highest BCUT2D eigenvalue weighted by atomic mass is 16.4. The SMILES string of the molecule is C[C@@H]1CCCCN1Cc1cc(=O)oc2ccc(O)cc12. The van der Waals surface area contributed by atoms with Crippen LogP contribution in [0.1, 0.15) is 31.7 Å². The van der Waals surface area contributed by atoms with E-state index in [0.717, 1.165) is 24.0 Å². The Morgan fingerprint density at radius 2 is 2.20 bits per heavy atom. The minimum absolute atomic E-state index is 0.194. The number of hydrogen-bond acceptors (Lipinski definition) is 4. The minimum Gasteiger partial charge on any atom is -0.508 e. The van der Waals surface area contributed by atoms with Crippen LogP contribution in [0.25, 0.3) is 11.0 Å². The molecule has 106 valence electrons. The molecule has 1 atom stereocenters. The Morgan fingerprint density at radius 3 is 3.00 bits per heavy atom. The molecule has 1 aliphatic rings. The van der Waals surface area contributed by atoms with Crippen molar-refractivity contribution in [3.63, 3.8) is 0 Å². The maximum atomic E-state index is 11.7. The lowest BCUT2D eigenvalue weighted by molar-refractivity contribution is 0.153. The summed E-state index contributed by atoms with van der Waals surface area (Å²) in [6.07, 6.45) is 3.68. The van der Waals surface area contributed by atoms with E-state index in [2.05, 4.69) is 11.8 Å². The second kappa shape index (κ2) is 5.29. The number of likely N-dealkylation sites (tertiary alicyclic amines) is 1. The molecule has 0 radical (unpaired) electrons. The molecule has 3 rings (SSSR count). The number of aromatic hydroxyl groups is 1. The fourth-order valence-corrected chi connectivity index (χ4v) is 2.96. The molecule has 2 aromatic rings. The zero-order valence-electron chi connectivity index (χ0n) is 11.6. The van der Waals surface area contributed by atoms with Crippen LogP contribution in [0.2, 0.25) is 0 Å². The third-order valence-corrected chi connectivity index (χ3v) is 4.13. The topological polar surface area (TPSA) is 53.7 Å². The smallest absolute Gasteiger partial charge is 0.336 e. The van der Waals surface area contributed by atoms with Gasteiger partial charge in [-0.2, -0.15) is 0 Å². The lowest BCUT2D eigenvalue weighted by Gasteiger charge is -2.33. The summed E-state index contributed by atoms with van der Waals surface area (Å²) in [5.41, 5.74) is 1.14. The second-order valence-corrected chi connectivity index (χ2v) is 5.59. The summed E-state index contributed by atoms with van der Waals surface area (Å²) < 4.78 is 5.19. The summed E-state index contributed by atoms with van der Waals surface area (Å²) in [6, 6.07) is 6.93. The first-order chi connectivity index (χ1) is 9.63. The van der Waals surface area contributed by atoms with E-state index in [-0.39, 0.29) is 11.4 Å². The fraction of sp³-hybridized carbons (Fsp3) is 0.438. The second-order valence-electron chi connectivity index (χ2n) is 5.59. The van der Waals surface area contributed by atoms with Crippen LogP contribution in [0, 0.1) is 0 Å². The fourth-order valence-electron chi connectivity index (χ4n) is 2.96. The van der Waals surface area contributed by atoms with E-state index < -0.39 is 0 Å². The normalized spacial score (nSPS) is 20.4. The molecule has 4 heteroatoms. The summed E-state index contributed by atoms with van der Waals surface area (Å²) in [7, 11) is 0. The van der Waals surface area contributed by atoms with Gasteiger partial charge >= 0.3 is 5.63 Å².